The van der Waals surface area contributed by atoms with Gasteiger partial charge in [-0.15, -0.1) is 0 Å². The van der Waals surface area contributed by atoms with Gasteiger partial charge in [0.25, 0.3) is 0 Å². The molecule has 0 atom stereocenters. The molecule has 0 aliphatic heterocycles. The third kappa shape index (κ3) is 4.75. The summed E-state index contributed by atoms with van der Waals surface area (Å²) in [4.78, 5) is 11.8. The van der Waals surface area contributed by atoms with Gasteiger partial charge in [0.1, 0.15) is 11.5 Å². The lowest BCUT2D eigenvalue weighted by Crippen LogP contribution is -2.17. The first kappa shape index (κ1) is 18.2. The van der Waals surface area contributed by atoms with E-state index in [1.54, 1.807) is 24.3 Å². The lowest BCUT2D eigenvalue weighted by molar-refractivity contribution is -0.121. The maximum absolute atomic E-state index is 11.8. The first-order valence-corrected chi connectivity index (χ1v) is 8.79. The fraction of sp³-hybridized carbons (Fsp3) is 0.100. The Balaban J connectivity index is 1.55. The van der Waals surface area contributed by atoms with Crippen LogP contribution in [0.4, 0.5) is 0 Å². The highest BCUT2D eigenvalue weighted by Gasteiger charge is 2.10. The average molecular weight is 387 g/mol. The van der Waals surface area contributed by atoms with Gasteiger partial charge in [0.2, 0.25) is 5.91 Å². The van der Waals surface area contributed by atoms with E-state index in [0.717, 1.165) is 5.56 Å². The topological polar surface area (TPSA) is 54.6 Å². The molecular weight excluding hydrogens is 371 g/mol. The van der Waals surface area contributed by atoms with Gasteiger partial charge in [-0.2, -0.15) is 5.10 Å². The second-order valence-electron chi connectivity index (χ2n) is 5.58. The smallest absolute Gasteiger partial charge is 0.240 e. The SMILES string of the molecule is O=C(CCc1ccccc1)N/N=C\c1ccc(-c2cccc(Cl)c2Cl)o1. The molecule has 0 saturated heterocycles. The minimum Gasteiger partial charge on any atom is -0.455 e. The Morgan fingerprint density at radius 3 is 2.65 bits per heavy atom. The maximum atomic E-state index is 11.8. The molecule has 3 rings (SSSR count). The molecule has 0 saturated carbocycles. The van der Waals surface area contributed by atoms with Crippen molar-refractivity contribution < 1.29 is 9.21 Å². The summed E-state index contributed by atoms with van der Waals surface area (Å²) in [6.45, 7) is 0. The summed E-state index contributed by atoms with van der Waals surface area (Å²) in [5.41, 5.74) is 4.31. The van der Waals surface area contributed by atoms with E-state index >= 15 is 0 Å². The number of benzene rings is 2. The molecule has 0 radical (unpaired) electrons. The zero-order valence-electron chi connectivity index (χ0n) is 13.8. The molecule has 3 aromatic rings. The van der Waals surface area contributed by atoms with E-state index in [1.165, 1.54) is 6.21 Å². The highest BCUT2D eigenvalue weighted by Crippen LogP contribution is 2.34. The van der Waals surface area contributed by atoms with Crippen LogP contribution in [0.3, 0.4) is 0 Å². The quantitative estimate of drug-likeness (QED) is 0.459. The summed E-state index contributed by atoms with van der Waals surface area (Å²) in [5.74, 6) is 0.920. The molecule has 4 nitrogen and oxygen atoms in total. The van der Waals surface area contributed by atoms with Gasteiger partial charge in [-0.1, -0.05) is 59.6 Å². The van der Waals surface area contributed by atoms with Crippen LogP contribution in [0.15, 0.2) is 70.2 Å². The summed E-state index contributed by atoms with van der Waals surface area (Å²) in [5, 5.41) is 4.81. The van der Waals surface area contributed by atoms with Gasteiger partial charge in [0.05, 0.1) is 16.3 Å². The first-order valence-electron chi connectivity index (χ1n) is 8.03. The molecule has 6 heteroatoms. The zero-order valence-corrected chi connectivity index (χ0v) is 15.3. The zero-order chi connectivity index (χ0) is 18.4. The molecule has 132 valence electrons. The van der Waals surface area contributed by atoms with Gasteiger partial charge < -0.3 is 4.42 Å². The maximum Gasteiger partial charge on any atom is 0.240 e. The van der Waals surface area contributed by atoms with Crippen LogP contribution in [0.25, 0.3) is 11.3 Å². The number of furan rings is 1. The minimum atomic E-state index is -0.158. The van der Waals surface area contributed by atoms with E-state index in [0.29, 0.717) is 40.0 Å². The molecule has 1 N–H and O–H groups in total. The average Bonchev–Trinajstić information content (AvgIpc) is 3.12. The summed E-state index contributed by atoms with van der Waals surface area (Å²) in [6, 6.07) is 18.7. The van der Waals surface area contributed by atoms with Gasteiger partial charge >= 0.3 is 0 Å². The second kappa shape index (κ2) is 8.70. The lowest BCUT2D eigenvalue weighted by Gasteiger charge is -2.02. The van der Waals surface area contributed by atoms with Crippen LogP contribution in [0.1, 0.15) is 17.7 Å². The molecule has 1 heterocycles. The molecule has 0 fully saturated rings. The van der Waals surface area contributed by atoms with Crippen molar-refractivity contribution in [1.82, 2.24) is 5.43 Å². The van der Waals surface area contributed by atoms with E-state index in [2.05, 4.69) is 10.5 Å². The molecule has 0 spiro atoms. The van der Waals surface area contributed by atoms with E-state index in [4.69, 9.17) is 27.6 Å². The van der Waals surface area contributed by atoms with Crippen molar-refractivity contribution in [1.29, 1.82) is 0 Å². The predicted molar refractivity (Wildman–Crippen MR) is 105 cm³/mol. The number of halogens is 2. The van der Waals surface area contributed by atoms with Gasteiger partial charge in [-0.3, -0.25) is 4.79 Å². The summed E-state index contributed by atoms with van der Waals surface area (Å²) in [7, 11) is 0. The van der Waals surface area contributed by atoms with Gasteiger partial charge in [0, 0.05) is 12.0 Å². The largest absolute Gasteiger partial charge is 0.455 e. The van der Waals surface area contributed by atoms with Crippen molar-refractivity contribution in [3.63, 3.8) is 0 Å². The molecule has 0 aliphatic rings. The second-order valence-corrected chi connectivity index (χ2v) is 6.37. The van der Waals surface area contributed by atoms with Gasteiger partial charge in [-0.05, 0) is 36.2 Å². The van der Waals surface area contributed by atoms with E-state index in [1.807, 2.05) is 36.4 Å². The number of nitrogens with one attached hydrogen (secondary N) is 1. The van der Waals surface area contributed by atoms with Crippen molar-refractivity contribution in [2.45, 2.75) is 12.8 Å². The Labute approximate surface area is 161 Å². The third-order valence-electron chi connectivity index (χ3n) is 3.71. The number of hydrazone groups is 1. The molecule has 1 aromatic heterocycles. The number of hydrogen-bond acceptors (Lipinski definition) is 3. The highest BCUT2D eigenvalue weighted by atomic mass is 35.5. The van der Waals surface area contributed by atoms with Crippen LogP contribution in [0, 0.1) is 0 Å². The van der Waals surface area contributed by atoms with Crippen LogP contribution in [0.2, 0.25) is 10.0 Å². The number of carbonyl (C=O) groups excluding carboxylic acids is 1. The van der Waals surface area contributed by atoms with Crippen molar-refractivity contribution in [2.24, 2.45) is 5.10 Å². The van der Waals surface area contributed by atoms with Crippen molar-refractivity contribution in [2.75, 3.05) is 0 Å². The molecule has 0 bridgehead atoms. The summed E-state index contributed by atoms with van der Waals surface area (Å²) >= 11 is 12.2. The molecular formula is C20H16Cl2N2O2. The first-order chi connectivity index (χ1) is 12.6. The van der Waals surface area contributed by atoms with Crippen molar-refractivity contribution in [3.05, 3.63) is 82.0 Å². The Bertz CT molecular complexity index is 921. The standard InChI is InChI=1S/C20H16Cl2N2O2/c21-17-8-4-7-16(20(17)22)18-11-10-15(26-18)13-23-24-19(25)12-9-14-5-2-1-3-6-14/h1-8,10-11,13H,9,12H2,(H,24,25)/b23-13-. The van der Waals surface area contributed by atoms with Crippen molar-refractivity contribution in [3.8, 4) is 11.3 Å². The van der Waals surface area contributed by atoms with Crippen molar-refractivity contribution >= 4 is 35.3 Å². The van der Waals surface area contributed by atoms with Crippen LogP contribution in [-0.2, 0) is 11.2 Å². The fourth-order valence-corrected chi connectivity index (χ4v) is 2.78. The Morgan fingerprint density at radius 1 is 1.04 bits per heavy atom. The number of nitrogens with zero attached hydrogens (tertiary/aromatic N) is 1. The number of hydrogen-bond donors (Lipinski definition) is 1. The monoisotopic (exact) mass is 386 g/mol. The molecule has 1 amide bonds. The van der Waals surface area contributed by atoms with Crippen LogP contribution >= 0.6 is 23.2 Å². The summed E-state index contributed by atoms with van der Waals surface area (Å²) < 4.78 is 5.67. The third-order valence-corrected chi connectivity index (χ3v) is 4.53. The van der Waals surface area contributed by atoms with Gasteiger partial charge in [-0.25, -0.2) is 5.43 Å². The number of aryl methyl sites for hydroxylation is 1. The molecule has 0 unspecified atom stereocenters. The van der Waals surface area contributed by atoms with Crippen LogP contribution in [-0.4, -0.2) is 12.1 Å². The molecule has 2 aromatic carbocycles. The van der Waals surface area contributed by atoms with E-state index < -0.39 is 0 Å². The lowest BCUT2D eigenvalue weighted by atomic mass is 10.1. The highest BCUT2D eigenvalue weighted by molar-refractivity contribution is 6.43. The Hall–Kier alpha value is -2.56. The number of rotatable bonds is 6. The molecule has 0 aliphatic carbocycles. The van der Waals surface area contributed by atoms with Gasteiger partial charge in [0.15, 0.2) is 0 Å². The fourth-order valence-electron chi connectivity index (χ4n) is 2.39. The molecule has 26 heavy (non-hydrogen) atoms. The van der Waals surface area contributed by atoms with Crippen LogP contribution < -0.4 is 5.43 Å². The van der Waals surface area contributed by atoms with E-state index in [9.17, 15) is 4.79 Å². The Morgan fingerprint density at radius 2 is 1.85 bits per heavy atom. The minimum absolute atomic E-state index is 0.158. The normalized spacial score (nSPS) is 11.0. The van der Waals surface area contributed by atoms with E-state index in [-0.39, 0.29) is 5.91 Å². The number of amides is 1. The Kier molecular flexibility index (Phi) is 6.10. The summed E-state index contributed by atoms with van der Waals surface area (Å²) in [6.07, 6.45) is 2.48. The predicted octanol–water partition coefficient (Wildman–Crippen LogP) is 5.34. The number of carbonyl (C=O) groups is 1. The van der Waals surface area contributed by atoms with Crippen LogP contribution in [0.5, 0.6) is 0 Å².